The minimum Gasteiger partial charge on any atom is -0.355 e. The molecule has 2 aromatic rings. The molecule has 1 saturated heterocycles. The normalized spacial score (nSPS) is 17.6. The average molecular weight is 383 g/mol. The van der Waals surface area contributed by atoms with E-state index >= 15 is 0 Å². The standard InChI is InChI=1S/C23H30N2OS/c1-19-7-5-10-21(15-19)18-27-14-12-24-23(26)22-11-6-13-25(17-22)16-20-8-3-2-4-9-20/h2-5,7-10,15,22H,6,11-14,16-18H2,1H3,(H,24,26). The number of likely N-dealkylation sites (tertiary alicyclic amines) is 1. The van der Waals surface area contributed by atoms with Crippen LogP contribution in [0.5, 0.6) is 0 Å². The Morgan fingerprint density at radius 3 is 2.78 bits per heavy atom. The zero-order valence-corrected chi connectivity index (χ0v) is 17.0. The first-order chi connectivity index (χ1) is 13.2. The van der Waals surface area contributed by atoms with Crippen molar-refractivity contribution in [2.45, 2.75) is 32.1 Å². The van der Waals surface area contributed by atoms with Crippen LogP contribution < -0.4 is 5.32 Å². The zero-order chi connectivity index (χ0) is 18.9. The molecule has 1 heterocycles. The SMILES string of the molecule is Cc1cccc(CSCCNC(=O)C2CCCN(Cc3ccccc3)C2)c1. The second kappa shape index (κ2) is 10.5. The van der Waals surface area contributed by atoms with Crippen molar-refractivity contribution in [3.63, 3.8) is 0 Å². The maximum atomic E-state index is 12.5. The molecule has 1 amide bonds. The van der Waals surface area contributed by atoms with E-state index in [0.29, 0.717) is 0 Å². The van der Waals surface area contributed by atoms with E-state index < -0.39 is 0 Å². The highest BCUT2D eigenvalue weighted by Gasteiger charge is 2.25. The first-order valence-electron chi connectivity index (χ1n) is 9.88. The number of hydrogen-bond acceptors (Lipinski definition) is 3. The lowest BCUT2D eigenvalue weighted by Gasteiger charge is -2.32. The van der Waals surface area contributed by atoms with Crippen molar-refractivity contribution in [3.05, 3.63) is 71.3 Å². The van der Waals surface area contributed by atoms with Crippen LogP contribution in [-0.2, 0) is 17.1 Å². The van der Waals surface area contributed by atoms with E-state index in [4.69, 9.17) is 0 Å². The highest BCUT2D eigenvalue weighted by Crippen LogP contribution is 2.19. The summed E-state index contributed by atoms with van der Waals surface area (Å²) in [5.74, 6) is 2.32. The van der Waals surface area contributed by atoms with Gasteiger partial charge in [-0.15, -0.1) is 0 Å². The van der Waals surface area contributed by atoms with Crippen LogP contribution in [-0.4, -0.2) is 36.2 Å². The molecule has 0 aliphatic carbocycles. The molecule has 27 heavy (non-hydrogen) atoms. The molecule has 1 aliphatic heterocycles. The van der Waals surface area contributed by atoms with Gasteiger partial charge in [0.25, 0.3) is 0 Å². The predicted molar refractivity (Wildman–Crippen MR) is 115 cm³/mol. The van der Waals surface area contributed by atoms with Gasteiger partial charge in [-0.2, -0.15) is 11.8 Å². The summed E-state index contributed by atoms with van der Waals surface area (Å²) in [4.78, 5) is 14.9. The molecule has 3 rings (SSSR count). The largest absolute Gasteiger partial charge is 0.355 e. The summed E-state index contributed by atoms with van der Waals surface area (Å²) in [6.45, 7) is 5.78. The number of rotatable bonds is 8. The third-order valence-electron chi connectivity index (χ3n) is 5.02. The Hall–Kier alpha value is -1.78. The Labute approximate surface area is 167 Å². The van der Waals surface area contributed by atoms with E-state index in [0.717, 1.165) is 50.5 Å². The Morgan fingerprint density at radius 2 is 1.96 bits per heavy atom. The molecule has 0 saturated carbocycles. The van der Waals surface area contributed by atoms with E-state index in [1.54, 1.807) is 0 Å². The van der Waals surface area contributed by atoms with Crippen molar-refractivity contribution in [2.75, 3.05) is 25.4 Å². The highest BCUT2D eigenvalue weighted by molar-refractivity contribution is 7.98. The lowest BCUT2D eigenvalue weighted by atomic mass is 9.96. The van der Waals surface area contributed by atoms with Crippen molar-refractivity contribution in [1.82, 2.24) is 10.2 Å². The quantitative estimate of drug-likeness (QED) is 0.693. The van der Waals surface area contributed by atoms with Gasteiger partial charge in [0.1, 0.15) is 0 Å². The fourth-order valence-corrected chi connectivity index (χ4v) is 4.44. The second-order valence-corrected chi connectivity index (χ2v) is 8.50. The van der Waals surface area contributed by atoms with E-state index in [9.17, 15) is 4.79 Å². The predicted octanol–water partition coefficient (Wildman–Crippen LogP) is 4.26. The molecule has 1 fully saturated rings. The van der Waals surface area contributed by atoms with Gasteiger partial charge in [-0.3, -0.25) is 9.69 Å². The number of nitrogens with one attached hydrogen (secondary N) is 1. The van der Waals surface area contributed by atoms with Gasteiger partial charge in [-0.1, -0.05) is 60.2 Å². The molecule has 2 aromatic carbocycles. The molecule has 4 heteroatoms. The number of carbonyl (C=O) groups is 1. The highest BCUT2D eigenvalue weighted by atomic mass is 32.2. The summed E-state index contributed by atoms with van der Waals surface area (Å²) in [5.41, 5.74) is 3.99. The lowest BCUT2D eigenvalue weighted by Crippen LogP contribution is -2.43. The fraction of sp³-hybridized carbons (Fsp3) is 0.435. The minimum atomic E-state index is 0.129. The minimum absolute atomic E-state index is 0.129. The summed E-state index contributed by atoms with van der Waals surface area (Å²) in [7, 11) is 0. The molecule has 0 aromatic heterocycles. The van der Waals surface area contributed by atoms with Gasteiger partial charge in [0, 0.05) is 31.1 Å². The summed E-state index contributed by atoms with van der Waals surface area (Å²) in [6.07, 6.45) is 2.11. The molecule has 0 radical (unpaired) electrons. The summed E-state index contributed by atoms with van der Waals surface area (Å²) >= 11 is 1.88. The number of benzene rings is 2. The zero-order valence-electron chi connectivity index (χ0n) is 16.2. The molecule has 144 valence electrons. The Balaban J connectivity index is 1.35. The number of thioether (sulfide) groups is 1. The van der Waals surface area contributed by atoms with Crippen LogP contribution in [0.25, 0.3) is 0 Å². The third-order valence-corrected chi connectivity index (χ3v) is 6.05. The molecule has 3 nitrogen and oxygen atoms in total. The maximum absolute atomic E-state index is 12.5. The van der Waals surface area contributed by atoms with Crippen LogP contribution in [0, 0.1) is 12.8 Å². The number of piperidine rings is 1. The third kappa shape index (κ3) is 6.71. The van der Waals surface area contributed by atoms with Crippen LogP contribution in [0.15, 0.2) is 54.6 Å². The first kappa shape index (κ1) is 20.0. The average Bonchev–Trinajstić information content (AvgIpc) is 2.69. The van der Waals surface area contributed by atoms with Crippen LogP contribution >= 0.6 is 11.8 Å². The summed E-state index contributed by atoms with van der Waals surface area (Å²) < 4.78 is 0. The van der Waals surface area contributed by atoms with E-state index in [1.807, 2.05) is 17.8 Å². The van der Waals surface area contributed by atoms with Gasteiger partial charge in [-0.05, 0) is 37.4 Å². The van der Waals surface area contributed by atoms with Gasteiger partial charge >= 0.3 is 0 Å². The van der Waals surface area contributed by atoms with Crippen LogP contribution in [0.2, 0.25) is 0 Å². The van der Waals surface area contributed by atoms with Gasteiger partial charge in [0.15, 0.2) is 0 Å². The van der Waals surface area contributed by atoms with Crippen molar-refractivity contribution in [2.24, 2.45) is 5.92 Å². The molecule has 0 bridgehead atoms. The van der Waals surface area contributed by atoms with Crippen LogP contribution in [0.1, 0.15) is 29.5 Å². The number of amides is 1. The second-order valence-electron chi connectivity index (χ2n) is 7.39. The topological polar surface area (TPSA) is 32.3 Å². The molecule has 1 N–H and O–H groups in total. The summed E-state index contributed by atoms with van der Waals surface area (Å²) in [6, 6.07) is 19.2. The van der Waals surface area contributed by atoms with Crippen LogP contribution in [0.4, 0.5) is 0 Å². The maximum Gasteiger partial charge on any atom is 0.224 e. The van der Waals surface area contributed by atoms with Gasteiger partial charge in [0.05, 0.1) is 5.92 Å². The van der Waals surface area contributed by atoms with E-state index in [2.05, 4.69) is 65.7 Å². The molecular formula is C23H30N2OS. The van der Waals surface area contributed by atoms with Gasteiger partial charge < -0.3 is 5.32 Å². The van der Waals surface area contributed by atoms with Gasteiger partial charge in [-0.25, -0.2) is 0 Å². The number of nitrogens with zero attached hydrogens (tertiary/aromatic N) is 1. The van der Waals surface area contributed by atoms with E-state index in [-0.39, 0.29) is 11.8 Å². The first-order valence-corrected chi connectivity index (χ1v) is 11.0. The van der Waals surface area contributed by atoms with E-state index in [1.165, 1.54) is 16.7 Å². The number of carbonyl (C=O) groups excluding carboxylic acids is 1. The lowest BCUT2D eigenvalue weighted by molar-refractivity contribution is -0.126. The van der Waals surface area contributed by atoms with Crippen molar-refractivity contribution in [1.29, 1.82) is 0 Å². The molecule has 1 aliphatic rings. The Kier molecular flexibility index (Phi) is 7.79. The number of aryl methyl sites for hydroxylation is 1. The van der Waals surface area contributed by atoms with Crippen LogP contribution in [0.3, 0.4) is 0 Å². The van der Waals surface area contributed by atoms with Gasteiger partial charge in [0.2, 0.25) is 5.91 Å². The molecular weight excluding hydrogens is 352 g/mol. The van der Waals surface area contributed by atoms with Crippen molar-refractivity contribution < 1.29 is 4.79 Å². The molecule has 1 atom stereocenters. The fourth-order valence-electron chi connectivity index (χ4n) is 3.64. The molecule has 1 unspecified atom stereocenters. The van der Waals surface area contributed by atoms with Crippen molar-refractivity contribution >= 4 is 17.7 Å². The molecule has 0 spiro atoms. The monoisotopic (exact) mass is 382 g/mol. The number of hydrogen-bond donors (Lipinski definition) is 1. The Bertz CT molecular complexity index is 719. The Morgan fingerprint density at radius 1 is 1.15 bits per heavy atom. The smallest absolute Gasteiger partial charge is 0.224 e. The van der Waals surface area contributed by atoms with Crippen molar-refractivity contribution in [3.8, 4) is 0 Å². The summed E-state index contributed by atoms with van der Waals surface area (Å²) in [5, 5.41) is 3.15.